The summed E-state index contributed by atoms with van der Waals surface area (Å²) in [4.78, 5) is 25.5. The average molecular weight is 397 g/mol. The number of ether oxygens (including phenoxy) is 1. The topological polar surface area (TPSA) is 84.7 Å². The molecule has 3 rings (SSSR count). The average Bonchev–Trinajstić information content (AvgIpc) is 3.13. The number of amides is 1. The molecule has 28 heavy (non-hydrogen) atoms. The van der Waals surface area contributed by atoms with Crippen LogP contribution in [0.5, 0.6) is 0 Å². The Kier molecular flexibility index (Phi) is 5.41. The molecule has 2 heterocycles. The van der Waals surface area contributed by atoms with Gasteiger partial charge >= 0.3 is 12.1 Å². The smallest absolute Gasteiger partial charge is 0.434 e. The normalized spacial score (nSPS) is 17.6. The molecule has 0 bridgehead atoms. The minimum Gasteiger partial charge on any atom is -0.478 e. The molecule has 1 unspecified atom stereocenters. The van der Waals surface area contributed by atoms with E-state index in [-0.39, 0.29) is 17.6 Å². The largest absolute Gasteiger partial charge is 0.478 e. The molecule has 10 heteroatoms. The summed E-state index contributed by atoms with van der Waals surface area (Å²) in [5.41, 5.74) is -1.99. The third-order valence-electron chi connectivity index (χ3n) is 4.59. The summed E-state index contributed by atoms with van der Waals surface area (Å²) < 4.78 is 45.9. The predicted octanol–water partition coefficient (Wildman–Crippen LogP) is 2.84. The Balaban J connectivity index is 1.91. The maximum Gasteiger partial charge on any atom is 0.434 e. The van der Waals surface area contributed by atoms with Gasteiger partial charge in [-0.05, 0) is 30.7 Å². The number of carbonyl (C=O) groups excluding carboxylic acids is 1. The lowest BCUT2D eigenvalue weighted by atomic mass is 10.1. The van der Waals surface area contributed by atoms with Crippen molar-refractivity contribution in [1.82, 2.24) is 14.7 Å². The van der Waals surface area contributed by atoms with E-state index in [1.165, 1.54) is 24.3 Å². The number of hydrogen-bond donors (Lipinski definition) is 1. The molecule has 1 atom stereocenters. The van der Waals surface area contributed by atoms with Crippen LogP contribution in [-0.2, 0) is 10.9 Å². The lowest BCUT2D eigenvalue weighted by Gasteiger charge is -2.35. The van der Waals surface area contributed by atoms with E-state index >= 15 is 0 Å². The number of aromatic carboxylic acids is 1. The van der Waals surface area contributed by atoms with Crippen LogP contribution in [0.2, 0.25) is 0 Å². The molecule has 1 amide bonds. The highest BCUT2D eigenvalue weighted by molar-refractivity contribution is 5.94. The van der Waals surface area contributed by atoms with Crippen molar-refractivity contribution < 1.29 is 32.6 Å². The van der Waals surface area contributed by atoms with E-state index in [0.717, 1.165) is 6.42 Å². The number of carboxylic acids is 1. The van der Waals surface area contributed by atoms with E-state index in [2.05, 4.69) is 5.10 Å². The monoisotopic (exact) mass is 397 g/mol. The summed E-state index contributed by atoms with van der Waals surface area (Å²) >= 11 is 0. The minimum atomic E-state index is -4.90. The first-order valence-electron chi connectivity index (χ1n) is 8.61. The van der Waals surface area contributed by atoms with Gasteiger partial charge in [-0.2, -0.15) is 18.3 Å². The van der Waals surface area contributed by atoms with Crippen LogP contribution in [0.25, 0.3) is 5.69 Å². The number of hydrogen-bond acceptors (Lipinski definition) is 4. The zero-order valence-electron chi connectivity index (χ0n) is 14.9. The lowest BCUT2D eigenvalue weighted by Crippen LogP contribution is -2.48. The van der Waals surface area contributed by atoms with Gasteiger partial charge in [0.15, 0.2) is 5.69 Å². The van der Waals surface area contributed by atoms with Crippen LogP contribution in [0.3, 0.4) is 0 Å². The van der Waals surface area contributed by atoms with Crippen molar-refractivity contribution in [1.29, 1.82) is 0 Å². The van der Waals surface area contributed by atoms with Gasteiger partial charge in [0.25, 0.3) is 5.91 Å². The number of carbonyl (C=O) groups is 2. The van der Waals surface area contributed by atoms with Gasteiger partial charge in [0, 0.05) is 12.1 Å². The van der Waals surface area contributed by atoms with E-state index in [9.17, 15) is 22.8 Å². The first kappa shape index (κ1) is 19.9. The highest BCUT2D eigenvalue weighted by atomic mass is 19.4. The quantitative estimate of drug-likeness (QED) is 0.858. The molecule has 1 saturated heterocycles. The Hall–Kier alpha value is -2.88. The fraction of sp³-hybridized carbons (Fsp3) is 0.389. The Bertz CT molecular complexity index is 877. The summed E-state index contributed by atoms with van der Waals surface area (Å²) in [5, 5.41) is 12.6. The van der Waals surface area contributed by atoms with E-state index in [0.29, 0.717) is 36.2 Å². The number of carboxylic acid groups (broad SMARTS) is 1. The highest BCUT2D eigenvalue weighted by Gasteiger charge is 2.40. The molecule has 1 aromatic heterocycles. The third-order valence-corrected chi connectivity index (χ3v) is 4.59. The standard InChI is InChI=1S/C18H18F3N3O4/c1-2-12-10-28-8-7-23(12)16(25)11-3-5-13(6-4-11)24-15(18(19,20)21)14(9-22-24)17(26)27/h3-6,9,12H,2,7-8,10H2,1H3,(H,26,27). The molecule has 1 aliphatic rings. The van der Waals surface area contributed by atoms with Gasteiger partial charge in [-0.25, -0.2) is 9.48 Å². The van der Waals surface area contributed by atoms with Crippen molar-refractivity contribution in [2.24, 2.45) is 0 Å². The van der Waals surface area contributed by atoms with Gasteiger partial charge in [0.1, 0.15) is 5.56 Å². The highest BCUT2D eigenvalue weighted by Crippen LogP contribution is 2.33. The van der Waals surface area contributed by atoms with E-state index < -0.39 is 23.4 Å². The van der Waals surface area contributed by atoms with Gasteiger partial charge in [-0.3, -0.25) is 4.79 Å². The van der Waals surface area contributed by atoms with Gasteiger partial charge in [-0.15, -0.1) is 0 Å². The maximum atomic E-state index is 13.3. The molecular formula is C18H18F3N3O4. The van der Waals surface area contributed by atoms with Crippen molar-refractivity contribution >= 4 is 11.9 Å². The van der Waals surface area contributed by atoms with Crippen LogP contribution in [0, 0.1) is 0 Å². The molecule has 0 saturated carbocycles. The summed E-state index contributed by atoms with van der Waals surface area (Å²) in [6, 6.07) is 5.37. The number of aromatic nitrogens is 2. The van der Waals surface area contributed by atoms with Crippen LogP contribution in [0.15, 0.2) is 30.5 Å². The molecule has 150 valence electrons. The van der Waals surface area contributed by atoms with Gasteiger partial charge < -0.3 is 14.7 Å². The van der Waals surface area contributed by atoms with Crippen LogP contribution in [0.1, 0.15) is 39.8 Å². The minimum absolute atomic E-state index is 0.00499. The van der Waals surface area contributed by atoms with Crippen LogP contribution < -0.4 is 0 Å². The molecule has 1 N–H and O–H groups in total. The predicted molar refractivity (Wildman–Crippen MR) is 91.5 cm³/mol. The van der Waals surface area contributed by atoms with Crippen molar-refractivity contribution in [2.45, 2.75) is 25.6 Å². The number of benzene rings is 1. The van der Waals surface area contributed by atoms with Crippen LogP contribution in [-0.4, -0.2) is 57.5 Å². The molecule has 0 radical (unpaired) electrons. The van der Waals surface area contributed by atoms with Crippen molar-refractivity contribution in [3.63, 3.8) is 0 Å². The Morgan fingerprint density at radius 1 is 1.29 bits per heavy atom. The van der Waals surface area contributed by atoms with Gasteiger partial charge in [0.2, 0.25) is 0 Å². The van der Waals surface area contributed by atoms with E-state index in [1.807, 2.05) is 6.92 Å². The number of rotatable bonds is 4. The van der Waals surface area contributed by atoms with E-state index in [1.54, 1.807) is 4.90 Å². The van der Waals surface area contributed by atoms with Crippen LogP contribution >= 0.6 is 0 Å². The van der Waals surface area contributed by atoms with Crippen molar-refractivity contribution in [2.75, 3.05) is 19.8 Å². The van der Waals surface area contributed by atoms with Crippen LogP contribution in [0.4, 0.5) is 13.2 Å². The maximum absolute atomic E-state index is 13.3. The fourth-order valence-electron chi connectivity index (χ4n) is 3.14. The van der Waals surface area contributed by atoms with E-state index in [4.69, 9.17) is 9.84 Å². The molecule has 0 spiro atoms. The zero-order chi connectivity index (χ0) is 20.5. The zero-order valence-corrected chi connectivity index (χ0v) is 14.9. The lowest BCUT2D eigenvalue weighted by molar-refractivity contribution is -0.143. The fourth-order valence-corrected chi connectivity index (χ4v) is 3.14. The number of halogens is 3. The molecule has 0 aliphatic carbocycles. The Morgan fingerprint density at radius 3 is 2.54 bits per heavy atom. The molecule has 1 aromatic carbocycles. The molecule has 1 aliphatic heterocycles. The Morgan fingerprint density at radius 2 is 1.96 bits per heavy atom. The first-order chi connectivity index (χ1) is 13.2. The number of alkyl halides is 3. The van der Waals surface area contributed by atoms with Gasteiger partial charge in [-0.1, -0.05) is 6.92 Å². The SMILES string of the molecule is CCC1COCCN1C(=O)c1ccc(-n2ncc(C(=O)O)c2C(F)(F)F)cc1. The summed E-state index contributed by atoms with van der Waals surface area (Å²) in [6.45, 7) is 3.26. The molecule has 7 nitrogen and oxygen atoms in total. The summed E-state index contributed by atoms with van der Waals surface area (Å²) in [7, 11) is 0. The molecule has 1 fully saturated rings. The Labute approximate surface area is 158 Å². The molecule has 2 aromatic rings. The second kappa shape index (κ2) is 7.63. The summed E-state index contributed by atoms with van der Waals surface area (Å²) in [6.07, 6.45) is -3.52. The summed E-state index contributed by atoms with van der Waals surface area (Å²) in [5.74, 6) is -1.95. The van der Waals surface area contributed by atoms with Crippen molar-refractivity contribution in [3.05, 3.63) is 47.3 Å². The second-order valence-electron chi connectivity index (χ2n) is 6.30. The number of nitrogens with zero attached hydrogens (tertiary/aromatic N) is 3. The van der Waals surface area contributed by atoms with Crippen molar-refractivity contribution in [3.8, 4) is 5.69 Å². The first-order valence-corrected chi connectivity index (χ1v) is 8.61. The van der Waals surface area contributed by atoms with Gasteiger partial charge in [0.05, 0.1) is 31.1 Å². The third kappa shape index (κ3) is 3.72. The number of morpholine rings is 1. The second-order valence-corrected chi connectivity index (χ2v) is 6.30. The molecular weight excluding hydrogens is 379 g/mol.